The fraction of sp³-hybridized carbons (Fsp3) is 0.429. The van der Waals surface area contributed by atoms with Crippen molar-refractivity contribution in [1.29, 1.82) is 0 Å². The molecule has 0 bridgehead atoms. The average molecular weight is 356 g/mol. The lowest BCUT2D eigenvalue weighted by Gasteiger charge is -2.12. The zero-order valence-electron chi connectivity index (χ0n) is 11.5. The Morgan fingerprint density at radius 1 is 1.40 bits per heavy atom. The zero-order valence-corrected chi connectivity index (χ0v) is 13.9. The molecule has 0 fully saturated rings. The van der Waals surface area contributed by atoms with Crippen molar-refractivity contribution in [2.45, 2.75) is 37.0 Å². The molecule has 1 aromatic carbocycles. The predicted molar refractivity (Wildman–Crippen MR) is 84.4 cm³/mol. The molecule has 0 saturated carbocycles. The van der Waals surface area contributed by atoms with E-state index >= 15 is 0 Å². The summed E-state index contributed by atoms with van der Waals surface area (Å²) in [5.41, 5.74) is 6.08. The predicted octanol–water partition coefficient (Wildman–Crippen LogP) is 4.17. The van der Waals surface area contributed by atoms with E-state index in [1.54, 1.807) is 11.8 Å². The number of nitrogens with two attached hydrogens (primary N) is 1. The first-order valence-corrected chi connectivity index (χ1v) is 8.35. The Morgan fingerprint density at radius 2 is 2.15 bits per heavy atom. The Labute approximate surface area is 131 Å². The summed E-state index contributed by atoms with van der Waals surface area (Å²) in [4.78, 5) is 5.54. The van der Waals surface area contributed by atoms with Crippen molar-refractivity contribution in [1.82, 2.24) is 10.1 Å². The lowest BCUT2D eigenvalue weighted by molar-refractivity contribution is 0.311. The van der Waals surface area contributed by atoms with Crippen LogP contribution in [0.4, 0.5) is 0 Å². The number of halogens is 1. The quantitative estimate of drug-likeness (QED) is 0.787. The Bertz CT molecular complexity index is 561. The van der Waals surface area contributed by atoms with E-state index in [0.717, 1.165) is 15.8 Å². The van der Waals surface area contributed by atoms with E-state index in [0.29, 0.717) is 23.4 Å². The van der Waals surface area contributed by atoms with Gasteiger partial charge in [-0.1, -0.05) is 37.6 Å². The summed E-state index contributed by atoms with van der Waals surface area (Å²) < 4.78 is 6.33. The van der Waals surface area contributed by atoms with Crippen molar-refractivity contribution in [2.24, 2.45) is 11.7 Å². The molecule has 2 unspecified atom stereocenters. The molecule has 0 aliphatic heterocycles. The van der Waals surface area contributed by atoms with E-state index in [1.165, 1.54) is 0 Å². The van der Waals surface area contributed by atoms with Crippen molar-refractivity contribution in [2.75, 3.05) is 0 Å². The molecule has 2 rings (SSSR count). The summed E-state index contributed by atoms with van der Waals surface area (Å²) in [6.07, 6.45) is 0.991. The molecule has 6 heteroatoms. The summed E-state index contributed by atoms with van der Waals surface area (Å²) in [6.45, 7) is 4.19. The molecule has 0 aliphatic carbocycles. The molecule has 108 valence electrons. The molecule has 0 aliphatic rings. The van der Waals surface area contributed by atoms with Gasteiger partial charge in [-0.25, -0.2) is 0 Å². The first kappa shape index (κ1) is 15.5. The SMILES string of the molecule is CCC(C)C(N)c1nc(CSc2ccccc2Br)no1. The molecular weight excluding hydrogens is 338 g/mol. The van der Waals surface area contributed by atoms with Crippen LogP contribution in [0.25, 0.3) is 0 Å². The van der Waals surface area contributed by atoms with Gasteiger partial charge in [0.1, 0.15) is 0 Å². The largest absolute Gasteiger partial charge is 0.338 e. The maximum atomic E-state index is 6.08. The third kappa shape index (κ3) is 3.84. The standard InChI is InChI=1S/C14H18BrN3OS/c1-3-9(2)13(16)14-17-12(18-19-14)8-20-11-7-5-4-6-10(11)15/h4-7,9,13H,3,8,16H2,1-2H3. The summed E-state index contributed by atoms with van der Waals surface area (Å²) in [7, 11) is 0. The molecule has 0 spiro atoms. The number of aromatic nitrogens is 2. The normalized spacial score (nSPS) is 14.2. The van der Waals surface area contributed by atoms with Crippen LogP contribution in [-0.2, 0) is 5.75 Å². The van der Waals surface area contributed by atoms with Gasteiger partial charge in [0.25, 0.3) is 0 Å². The molecule has 1 aromatic heterocycles. The molecule has 20 heavy (non-hydrogen) atoms. The lowest BCUT2D eigenvalue weighted by atomic mass is 10.0. The zero-order chi connectivity index (χ0) is 14.5. The summed E-state index contributed by atoms with van der Waals surface area (Å²) in [5, 5.41) is 4.00. The van der Waals surface area contributed by atoms with Gasteiger partial charge >= 0.3 is 0 Å². The van der Waals surface area contributed by atoms with Crippen LogP contribution >= 0.6 is 27.7 Å². The molecule has 0 saturated heterocycles. The van der Waals surface area contributed by atoms with Gasteiger partial charge in [0.05, 0.1) is 11.8 Å². The number of rotatable bonds is 6. The Balaban J connectivity index is 1.98. The van der Waals surface area contributed by atoms with Crippen molar-refractivity contribution in [3.8, 4) is 0 Å². The third-order valence-corrected chi connectivity index (χ3v) is 5.24. The van der Waals surface area contributed by atoms with E-state index in [9.17, 15) is 0 Å². The van der Waals surface area contributed by atoms with Gasteiger partial charge in [0.2, 0.25) is 5.89 Å². The molecule has 0 radical (unpaired) electrons. The van der Waals surface area contributed by atoms with Gasteiger partial charge in [0.15, 0.2) is 5.82 Å². The number of nitrogens with zero attached hydrogens (tertiary/aromatic N) is 2. The lowest BCUT2D eigenvalue weighted by Crippen LogP contribution is -2.18. The topological polar surface area (TPSA) is 64.9 Å². The highest BCUT2D eigenvalue weighted by Gasteiger charge is 2.20. The smallest absolute Gasteiger partial charge is 0.243 e. The van der Waals surface area contributed by atoms with E-state index in [-0.39, 0.29) is 6.04 Å². The second-order valence-electron chi connectivity index (χ2n) is 4.68. The fourth-order valence-corrected chi connectivity index (χ4v) is 3.07. The van der Waals surface area contributed by atoms with Crippen LogP contribution in [0.15, 0.2) is 38.2 Å². The minimum Gasteiger partial charge on any atom is -0.338 e. The molecule has 1 heterocycles. The Hall–Kier alpha value is -0.850. The van der Waals surface area contributed by atoms with Gasteiger partial charge in [0, 0.05) is 9.37 Å². The van der Waals surface area contributed by atoms with Gasteiger partial charge < -0.3 is 10.3 Å². The van der Waals surface area contributed by atoms with Crippen molar-refractivity contribution in [3.63, 3.8) is 0 Å². The van der Waals surface area contributed by atoms with Gasteiger partial charge in [-0.05, 0) is 34.0 Å². The van der Waals surface area contributed by atoms with Crippen LogP contribution < -0.4 is 5.73 Å². The van der Waals surface area contributed by atoms with Crippen LogP contribution in [0.5, 0.6) is 0 Å². The van der Waals surface area contributed by atoms with Gasteiger partial charge in [-0.2, -0.15) is 4.98 Å². The number of benzene rings is 1. The van der Waals surface area contributed by atoms with E-state index < -0.39 is 0 Å². The highest BCUT2D eigenvalue weighted by Crippen LogP contribution is 2.29. The van der Waals surface area contributed by atoms with Gasteiger partial charge in [-0.15, -0.1) is 11.8 Å². The van der Waals surface area contributed by atoms with Crippen LogP contribution in [0.2, 0.25) is 0 Å². The number of hydrogen-bond donors (Lipinski definition) is 1. The summed E-state index contributed by atoms with van der Waals surface area (Å²) in [5.74, 6) is 2.21. The minimum atomic E-state index is -0.185. The summed E-state index contributed by atoms with van der Waals surface area (Å²) in [6, 6.07) is 7.89. The maximum absolute atomic E-state index is 6.08. The molecule has 0 amide bonds. The first-order chi connectivity index (χ1) is 9.61. The Morgan fingerprint density at radius 3 is 2.85 bits per heavy atom. The molecule has 2 N–H and O–H groups in total. The molecule has 2 atom stereocenters. The van der Waals surface area contributed by atoms with E-state index in [1.807, 2.05) is 18.2 Å². The van der Waals surface area contributed by atoms with Crippen molar-refractivity contribution in [3.05, 3.63) is 40.5 Å². The van der Waals surface area contributed by atoms with Crippen molar-refractivity contribution >= 4 is 27.7 Å². The van der Waals surface area contributed by atoms with Crippen molar-refractivity contribution < 1.29 is 4.52 Å². The number of hydrogen-bond acceptors (Lipinski definition) is 5. The maximum Gasteiger partial charge on any atom is 0.243 e. The molecule has 2 aromatic rings. The Kier molecular flexibility index (Phi) is 5.63. The molecular formula is C14H18BrN3OS. The van der Waals surface area contributed by atoms with E-state index in [2.05, 4.69) is 46.0 Å². The number of thioether (sulfide) groups is 1. The highest BCUT2D eigenvalue weighted by atomic mass is 79.9. The average Bonchev–Trinajstić information content (AvgIpc) is 2.93. The van der Waals surface area contributed by atoms with Crippen LogP contribution in [0, 0.1) is 5.92 Å². The third-order valence-electron chi connectivity index (χ3n) is 3.22. The van der Waals surface area contributed by atoms with Gasteiger partial charge in [-0.3, -0.25) is 0 Å². The first-order valence-electron chi connectivity index (χ1n) is 6.57. The van der Waals surface area contributed by atoms with Crippen LogP contribution in [0.3, 0.4) is 0 Å². The summed E-state index contributed by atoms with van der Waals surface area (Å²) >= 11 is 5.19. The highest BCUT2D eigenvalue weighted by molar-refractivity contribution is 9.10. The van der Waals surface area contributed by atoms with E-state index in [4.69, 9.17) is 10.3 Å². The van der Waals surface area contributed by atoms with Crippen LogP contribution in [-0.4, -0.2) is 10.1 Å². The second-order valence-corrected chi connectivity index (χ2v) is 6.55. The second kappa shape index (κ2) is 7.24. The fourth-order valence-electron chi connectivity index (χ4n) is 1.66. The van der Waals surface area contributed by atoms with Crippen LogP contribution in [0.1, 0.15) is 38.0 Å². The minimum absolute atomic E-state index is 0.185. The molecule has 4 nitrogen and oxygen atoms in total. The monoisotopic (exact) mass is 355 g/mol.